The summed E-state index contributed by atoms with van der Waals surface area (Å²) in [6.07, 6.45) is 0.268. The van der Waals surface area contributed by atoms with Crippen LogP contribution in [0.4, 0.5) is 5.13 Å². The van der Waals surface area contributed by atoms with Crippen molar-refractivity contribution in [3.8, 4) is 17.0 Å². The number of anilines is 1. The van der Waals surface area contributed by atoms with Crippen molar-refractivity contribution in [1.29, 1.82) is 0 Å². The molecule has 0 saturated carbocycles. The highest BCUT2D eigenvalue weighted by molar-refractivity contribution is 7.89. The van der Waals surface area contributed by atoms with Crippen molar-refractivity contribution in [2.45, 2.75) is 31.2 Å². The lowest BCUT2D eigenvalue weighted by molar-refractivity contribution is -0.118. The fraction of sp³-hybridized carbons (Fsp3) is 0.273. The normalized spacial score (nSPS) is 12.5. The molecule has 0 radical (unpaired) electrons. The molecule has 1 atom stereocenters. The Balaban J connectivity index is 1.79. The zero-order valence-electron chi connectivity index (χ0n) is 18.1. The summed E-state index contributed by atoms with van der Waals surface area (Å²) in [7, 11) is -2.56. The lowest BCUT2D eigenvalue weighted by atomic mass is 10.0. The van der Waals surface area contributed by atoms with Gasteiger partial charge in [-0.3, -0.25) is 4.79 Å². The number of amides is 1. The molecule has 0 aliphatic heterocycles. The van der Waals surface area contributed by atoms with Crippen LogP contribution in [0.2, 0.25) is 10.0 Å². The fourth-order valence-corrected chi connectivity index (χ4v) is 6.16. The summed E-state index contributed by atoms with van der Waals surface area (Å²) in [5.41, 5.74) is 1.54. The predicted octanol–water partition coefficient (Wildman–Crippen LogP) is 5.46. The number of hydrogen-bond acceptors (Lipinski definition) is 6. The first-order valence-electron chi connectivity index (χ1n) is 9.98. The quantitative estimate of drug-likeness (QED) is 0.385. The van der Waals surface area contributed by atoms with Gasteiger partial charge in [0.25, 0.3) is 0 Å². The van der Waals surface area contributed by atoms with Gasteiger partial charge in [0.1, 0.15) is 16.7 Å². The SMILES string of the molecule is COc1ccc(-c2csc(NC(=O)[C@@H](CC(C)C)NS(=O)(=O)c3c(Cl)cccc3Cl)n2)cc1. The van der Waals surface area contributed by atoms with Crippen molar-refractivity contribution in [3.05, 3.63) is 57.9 Å². The molecule has 0 bridgehead atoms. The molecule has 1 aromatic heterocycles. The van der Waals surface area contributed by atoms with Crippen LogP contribution in [0.3, 0.4) is 0 Å². The second kappa shape index (κ2) is 10.8. The number of sulfonamides is 1. The number of ether oxygens (including phenoxy) is 1. The summed E-state index contributed by atoms with van der Waals surface area (Å²) in [6.45, 7) is 3.78. The lowest BCUT2D eigenvalue weighted by Gasteiger charge is -2.20. The lowest BCUT2D eigenvalue weighted by Crippen LogP contribution is -2.44. The number of benzene rings is 2. The molecule has 2 N–H and O–H groups in total. The van der Waals surface area contributed by atoms with E-state index in [1.54, 1.807) is 13.2 Å². The maximum atomic E-state index is 13.0. The van der Waals surface area contributed by atoms with Crippen molar-refractivity contribution in [2.24, 2.45) is 5.92 Å². The van der Waals surface area contributed by atoms with Crippen LogP contribution in [0.25, 0.3) is 11.3 Å². The Morgan fingerprint density at radius 1 is 1.12 bits per heavy atom. The molecular weight excluding hydrogens is 505 g/mol. The first-order valence-corrected chi connectivity index (χ1v) is 13.1. The van der Waals surface area contributed by atoms with Gasteiger partial charge in [0.05, 0.1) is 22.8 Å². The van der Waals surface area contributed by atoms with E-state index >= 15 is 0 Å². The topological polar surface area (TPSA) is 97.4 Å². The van der Waals surface area contributed by atoms with E-state index in [-0.39, 0.29) is 27.3 Å². The minimum atomic E-state index is -4.15. The molecule has 1 heterocycles. The fourth-order valence-electron chi connectivity index (χ4n) is 3.08. The van der Waals surface area contributed by atoms with Crippen LogP contribution in [0.5, 0.6) is 5.75 Å². The number of aromatic nitrogens is 1. The van der Waals surface area contributed by atoms with Crippen molar-refractivity contribution >= 4 is 55.6 Å². The van der Waals surface area contributed by atoms with Gasteiger partial charge in [-0.15, -0.1) is 11.3 Å². The molecule has 7 nitrogen and oxygen atoms in total. The van der Waals surface area contributed by atoms with E-state index in [1.807, 2.05) is 43.5 Å². The maximum absolute atomic E-state index is 13.0. The molecule has 3 aromatic rings. The molecule has 0 saturated heterocycles. The van der Waals surface area contributed by atoms with E-state index in [1.165, 1.54) is 23.5 Å². The van der Waals surface area contributed by atoms with Crippen LogP contribution in [0.15, 0.2) is 52.7 Å². The Hall–Kier alpha value is -2.17. The van der Waals surface area contributed by atoms with E-state index in [4.69, 9.17) is 27.9 Å². The molecule has 0 unspecified atom stereocenters. The second-order valence-electron chi connectivity index (χ2n) is 7.61. The molecule has 1 amide bonds. The number of carbonyl (C=O) groups is 1. The van der Waals surface area contributed by atoms with Gasteiger partial charge in [0, 0.05) is 10.9 Å². The third-order valence-electron chi connectivity index (χ3n) is 4.63. The van der Waals surface area contributed by atoms with Crippen LogP contribution in [0, 0.1) is 5.92 Å². The van der Waals surface area contributed by atoms with E-state index < -0.39 is 22.0 Å². The van der Waals surface area contributed by atoms with Gasteiger partial charge < -0.3 is 10.1 Å². The van der Waals surface area contributed by atoms with Crippen molar-refractivity contribution in [2.75, 3.05) is 12.4 Å². The molecule has 3 rings (SSSR count). The van der Waals surface area contributed by atoms with Gasteiger partial charge in [-0.1, -0.05) is 43.1 Å². The van der Waals surface area contributed by atoms with E-state index in [2.05, 4.69) is 15.0 Å². The van der Waals surface area contributed by atoms with Crippen LogP contribution in [-0.4, -0.2) is 32.5 Å². The van der Waals surface area contributed by atoms with E-state index in [0.29, 0.717) is 10.8 Å². The molecule has 0 fully saturated rings. The van der Waals surface area contributed by atoms with Gasteiger partial charge in [-0.25, -0.2) is 13.4 Å². The number of carbonyl (C=O) groups excluding carboxylic acids is 1. The van der Waals surface area contributed by atoms with Gasteiger partial charge in [-0.05, 0) is 48.7 Å². The number of hydrogen-bond donors (Lipinski definition) is 2. The molecule has 0 aliphatic carbocycles. The Morgan fingerprint density at radius 2 is 1.76 bits per heavy atom. The average Bonchev–Trinajstić information content (AvgIpc) is 3.21. The monoisotopic (exact) mass is 527 g/mol. The number of rotatable bonds is 9. The summed E-state index contributed by atoms with van der Waals surface area (Å²) in [4.78, 5) is 17.2. The molecule has 33 heavy (non-hydrogen) atoms. The molecular formula is C22H23Cl2N3O4S2. The number of nitrogens with one attached hydrogen (secondary N) is 2. The maximum Gasteiger partial charge on any atom is 0.244 e. The molecule has 11 heteroatoms. The highest BCUT2D eigenvalue weighted by Gasteiger charge is 2.30. The van der Waals surface area contributed by atoms with Gasteiger partial charge >= 0.3 is 0 Å². The zero-order chi connectivity index (χ0) is 24.2. The van der Waals surface area contributed by atoms with Crippen LogP contribution in [-0.2, 0) is 14.8 Å². The van der Waals surface area contributed by atoms with E-state index in [0.717, 1.165) is 11.3 Å². The summed E-state index contributed by atoms with van der Waals surface area (Å²) >= 11 is 13.4. The van der Waals surface area contributed by atoms with Gasteiger partial charge in [0.2, 0.25) is 15.9 Å². The highest BCUT2D eigenvalue weighted by atomic mass is 35.5. The smallest absolute Gasteiger partial charge is 0.244 e. The van der Waals surface area contributed by atoms with E-state index in [9.17, 15) is 13.2 Å². The minimum Gasteiger partial charge on any atom is -0.497 e. The number of thiazole rings is 1. The summed E-state index contributed by atoms with van der Waals surface area (Å²) in [5.74, 6) is 0.243. The number of methoxy groups -OCH3 is 1. The highest BCUT2D eigenvalue weighted by Crippen LogP contribution is 2.30. The zero-order valence-corrected chi connectivity index (χ0v) is 21.3. The van der Waals surface area contributed by atoms with Gasteiger partial charge in [0.15, 0.2) is 5.13 Å². The predicted molar refractivity (Wildman–Crippen MR) is 133 cm³/mol. The molecule has 176 valence electrons. The largest absolute Gasteiger partial charge is 0.497 e. The Morgan fingerprint density at radius 3 is 2.33 bits per heavy atom. The van der Waals surface area contributed by atoms with Crippen molar-refractivity contribution in [3.63, 3.8) is 0 Å². The third-order valence-corrected chi connectivity index (χ3v) is 7.81. The molecule has 0 aliphatic rings. The third kappa shape index (κ3) is 6.45. The van der Waals surface area contributed by atoms with Gasteiger partial charge in [-0.2, -0.15) is 4.72 Å². The molecule has 0 spiro atoms. The Labute approximate surface area is 207 Å². The standard InChI is InChI=1S/C22H23Cl2N3O4S2/c1-13(2)11-18(27-33(29,30)20-16(23)5-4-6-17(20)24)21(28)26-22-25-19(12-32-22)14-7-9-15(31-3)10-8-14/h4-10,12-13,18,27H,11H2,1-3H3,(H,25,26,28)/t18-/m1/s1. The first-order chi connectivity index (χ1) is 15.6. The van der Waals surface area contributed by atoms with Crippen LogP contribution >= 0.6 is 34.5 Å². The summed E-state index contributed by atoms with van der Waals surface area (Å²) in [6, 6.07) is 10.7. The Bertz CT molecular complexity index is 1210. The summed E-state index contributed by atoms with van der Waals surface area (Å²) in [5, 5.41) is 4.83. The summed E-state index contributed by atoms with van der Waals surface area (Å²) < 4.78 is 33.6. The minimum absolute atomic E-state index is 0.0252. The second-order valence-corrected chi connectivity index (χ2v) is 10.9. The van der Waals surface area contributed by atoms with Crippen molar-refractivity contribution in [1.82, 2.24) is 9.71 Å². The Kier molecular flexibility index (Phi) is 8.36. The first kappa shape index (κ1) is 25.5. The van der Waals surface area contributed by atoms with Crippen molar-refractivity contribution < 1.29 is 17.9 Å². The number of halogens is 2. The molecule has 2 aromatic carbocycles. The average molecular weight is 528 g/mol. The van der Waals surface area contributed by atoms with Crippen LogP contribution in [0.1, 0.15) is 20.3 Å². The van der Waals surface area contributed by atoms with Crippen LogP contribution < -0.4 is 14.8 Å². The number of nitrogens with zero attached hydrogens (tertiary/aromatic N) is 1.